The SMILES string of the molecule is CCOC(=O)c1cc(C)cnc1Br. The Balaban J connectivity index is 2.99. The first kappa shape index (κ1) is 10.2. The first-order chi connectivity index (χ1) is 6.15. The zero-order chi connectivity index (χ0) is 9.84. The maximum absolute atomic E-state index is 11.3. The van der Waals surface area contributed by atoms with E-state index in [4.69, 9.17) is 4.74 Å². The van der Waals surface area contributed by atoms with Crippen molar-refractivity contribution >= 4 is 21.9 Å². The molecule has 0 saturated carbocycles. The van der Waals surface area contributed by atoms with E-state index >= 15 is 0 Å². The fraction of sp³-hybridized carbons (Fsp3) is 0.333. The van der Waals surface area contributed by atoms with E-state index in [2.05, 4.69) is 20.9 Å². The molecule has 0 aliphatic rings. The molecule has 1 heterocycles. The van der Waals surface area contributed by atoms with Gasteiger partial charge in [0.15, 0.2) is 0 Å². The predicted molar refractivity (Wildman–Crippen MR) is 52.6 cm³/mol. The third-order valence-electron chi connectivity index (χ3n) is 1.47. The number of hydrogen-bond acceptors (Lipinski definition) is 3. The van der Waals surface area contributed by atoms with Gasteiger partial charge < -0.3 is 4.74 Å². The van der Waals surface area contributed by atoms with Gasteiger partial charge in [-0.3, -0.25) is 0 Å². The lowest BCUT2D eigenvalue weighted by Gasteiger charge is -2.03. The molecule has 0 radical (unpaired) electrons. The van der Waals surface area contributed by atoms with Crippen molar-refractivity contribution in [2.45, 2.75) is 13.8 Å². The van der Waals surface area contributed by atoms with E-state index in [1.165, 1.54) is 0 Å². The second-order valence-corrected chi connectivity index (χ2v) is 3.32. The number of hydrogen-bond donors (Lipinski definition) is 0. The predicted octanol–water partition coefficient (Wildman–Crippen LogP) is 2.33. The molecule has 0 spiro atoms. The first-order valence-corrected chi connectivity index (χ1v) is 4.73. The summed E-state index contributed by atoms with van der Waals surface area (Å²) in [5, 5.41) is 0. The zero-order valence-corrected chi connectivity index (χ0v) is 9.09. The van der Waals surface area contributed by atoms with Gasteiger partial charge >= 0.3 is 5.97 Å². The van der Waals surface area contributed by atoms with Crippen LogP contribution in [0, 0.1) is 6.92 Å². The summed E-state index contributed by atoms with van der Waals surface area (Å²) in [7, 11) is 0. The van der Waals surface area contributed by atoms with E-state index in [0.29, 0.717) is 16.8 Å². The molecule has 1 aromatic heterocycles. The molecular weight excluding hydrogens is 234 g/mol. The number of ether oxygens (including phenoxy) is 1. The fourth-order valence-electron chi connectivity index (χ4n) is 0.905. The highest BCUT2D eigenvalue weighted by Crippen LogP contribution is 2.15. The molecule has 3 nitrogen and oxygen atoms in total. The molecule has 0 fully saturated rings. The summed E-state index contributed by atoms with van der Waals surface area (Å²) in [4.78, 5) is 15.3. The lowest BCUT2D eigenvalue weighted by Crippen LogP contribution is -2.06. The van der Waals surface area contributed by atoms with Gasteiger partial charge in [0.25, 0.3) is 0 Å². The summed E-state index contributed by atoms with van der Waals surface area (Å²) in [6, 6.07) is 1.75. The number of pyridine rings is 1. The van der Waals surface area contributed by atoms with Crippen molar-refractivity contribution in [2.24, 2.45) is 0 Å². The second-order valence-electron chi connectivity index (χ2n) is 2.57. The molecule has 0 aliphatic heterocycles. The molecule has 4 heteroatoms. The summed E-state index contributed by atoms with van der Waals surface area (Å²) < 4.78 is 5.38. The lowest BCUT2D eigenvalue weighted by molar-refractivity contribution is 0.0524. The van der Waals surface area contributed by atoms with E-state index in [0.717, 1.165) is 5.56 Å². The Labute approximate surface area is 85.3 Å². The normalized spacial score (nSPS) is 9.77. The number of carbonyl (C=O) groups excluding carboxylic acids is 1. The van der Waals surface area contributed by atoms with Gasteiger partial charge in [-0.15, -0.1) is 0 Å². The highest BCUT2D eigenvalue weighted by atomic mass is 79.9. The maximum Gasteiger partial charge on any atom is 0.340 e. The summed E-state index contributed by atoms with van der Waals surface area (Å²) in [5.74, 6) is -0.342. The molecule has 0 unspecified atom stereocenters. The van der Waals surface area contributed by atoms with Gasteiger partial charge in [-0.1, -0.05) is 0 Å². The van der Waals surface area contributed by atoms with Gasteiger partial charge in [-0.05, 0) is 41.4 Å². The Hall–Kier alpha value is -0.900. The molecule has 0 aromatic carbocycles. The molecular formula is C9H10BrNO2. The van der Waals surface area contributed by atoms with Crippen molar-refractivity contribution < 1.29 is 9.53 Å². The Bertz CT molecular complexity index is 325. The third kappa shape index (κ3) is 2.52. The van der Waals surface area contributed by atoms with Crippen LogP contribution in [0.3, 0.4) is 0 Å². The van der Waals surface area contributed by atoms with Gasteiger partial charge in [0.05, 0.1) is 12.2 Å². The molecule has 0 atom stereocenters. The Kier molecular flexibility index (Phi) is 3.42. The summed E-state index contributed by atoms with van der Waals surface area (Å²) in [6.45, 7) is 4.02. The van der Waals surface area contributed by atoms with Crippen LogP contribution in [-0.4, -0.2) is 17.6 Å². The van der Waals surface area contributed by atoms with Crippen LogP contribution in [-0.2, 0) is 4.74 Å². The topological polar surface area (TPSA) is 39.2 Å². The van der Waals surface area contributed by atoms with E-state index in [1.807, 2.05) is 6.92 Å². The fourth-order valence-corrected chi connectivity index (χ4v) is 1.28. The number of rotatable bonds is 2. The van der Waals surface area contributed by atoms with Gasteiger partial charge in [0.2, 0.25) is 0 Å². The number of aryl methyl sites for hydroxylation is 1. The summed E-state index contributed by atoms with van der Waals surface area (Å²) in [6.07, 6.45) is 1.69. The van der Waals surface area contributed by atoms with Crippen LogP contribution in [0.5, 0.6) is 0 Å². The molecule has 13 heavy (non-hydrogen) atoms. The van der Waals surface area contributed by atoms with Gasteiger partial charge in [0, 0.05) is 6.20 Å². The number of nitrogens with zero attached hydrogens (tertiary/aromatic N) is 1. The summed E-state index contributed by atoms with van der Waals surface area (Å²) in [5.41, 5.74) is 1.41. The highest BCUT2D eigenvalue weighted by molar-refractivity contribution is 9.10. The van der Waals surface area contributed by atoms with Crippen molar-refractivity contribution in [3.8, 4) is 0 Å². The van der Waals surface area contributed by atoms with Gasteiger partial charge in [0.1, 0.15) is 4.60 Å². The summed E-state index contributed by atoms with van der Waals surface area (Å²) >= 11 is 3.19. The Morgan fingerprint density at radius 3 is 3.00 bits per heavy atom. The van der Waals surface area contributed by atoms with Crippen LogP contribution in [0.25, 0.3) is 0 Å². The smallest absolute Gasteiger partial charge is 0.340 e. The number of aromatic nitrogens is 1. The molecule has 1 aromatic rings. The molecule has 1 rings (SSSR count). The van der Waals surface area contributed by atoms with E-state index in [9.17, 15) is 4.79 Å². The molecule has 0 N–H and O–H groups in total. The quantitative estimate of drug-likeness (QED) is 0.592. The van der Waals surface area contributed by atoms with Crippen molar-refractivity contribution in [3.63, 3.8) is 0 Å². The minimum atomic E-state index is -0.342. The van der Waals surface area contributed by atoms with Crippen LogP contribution in [0.2, 0.25) is 0 Å². The monoisotopic (exact) mass is 243 g/mol. The van der Waals surface area contributed by atoms with Crippen LogP contribution in [0.15, 0.2) is 16.9 Å². The highest BCUT2D eigenvalue weighted by Gasteiger charge is 2.11. The van der Waals surface area contributed by atoms with Gasteiger partial charge in [-0.25, -0.2) is 9.78 Å². The van der Waals surface area contributed by atoms with Gasteiger partial charge in [-0.2, -0.15) is 0 Å². The molecule has 0 bridgehead atoms. The standard InChI is InChI=1S/C9H10BrNO2/c1-3-13-9(12)7-4-6(2)5-11-8(7)10/h4-5H,3H2,1-2H3. The average molecular weight is 244 g/mol. The Morgan fingerprint density at radius 1 is 1.69 bits per heavy atom. The van der Waals surface area contributed by atoms with E-state index < -0.39 is 0 Å². The maximum atomic E-state index is 11.3. The average Bonchev–Trinajstić information content (AvgIpc) is 2.09. The van der Waals surface area contributed by atoms with Crippen molar-refractivity contribution in [3.05, 3.63) is 28.0 Å². The van der Waals surface area contributed by atoms with Crippen molar-refractivity contribution in [1.82, 2.24) is 4.98 Å². The zero-order valence-electron chi connectivity index (χ0n) is 7.50. The molecule has 0 saturated heterocycles. The van der Waals surface area contributed by atoms with Crippen molar-refractivity contribution in [2.75, 3.05) is 6.61 Å². The van der Waals surface area contributed by atoms with Crippen LogP contribution in [0.4, 0.5) is 0 Å². The number of halogens is 1. The Morgan fingerprint density at radius 2 is 2.38 bits per heavy atom. The van der Waals surface area contributed by atoms with Crippen molar-refractivity contribution in [1.29, 1.82) is 0 Å². The molecule has 0 aliphatic carbocycles. The lowest BCUT2D eigenvalue weighted by atomic mass is 10.2. The van der Waals surface area contributed by atoms with Crippen LogP contribution in [0.1, 0.15) is 22.8 Å². The second kappa shape index (κ2) is 4.37. The molecule has 0 amide bonds. The largest absolute Gasteiger partial charge is 0.462 e. The third-order valence-corrected chi connectivity index (χ3v) is 2.10. The van der Waals surface area contributed by atoms with E-state index in [-0.39, 0.29) is 5.97 Å². The first-order valence-electron chi connectivity index (χ1n) is 3.94. The van der Waals surface area contributed by atoms with Crippen LogP contribution >= 0.6 is 15.9 Å². The minimum Gasteiger partial charge on any atom is -0.462 e. The number of esters is 1. The minimum absolute atomic E-state index is 0.342. The number of carbonyl (C=O) groups is 1. The van der Waals surface area contributed by atoms with E-state index in [1.54, 1.807) is 19.2 Å². The molecule has 70 valence electrons. The van der Waals surface area contributed by atoms with Crippen LogP contribution < -0.4 is 0 Å².